The van der Waals surface area contributed by atoms with Crippen molar-refractivity contribution in [3.05, 3.63) is 64.7 Å². The monoisotopic (exact) mass is 336 g/mol. The number of hydrogen-bond acceptors (Lipinski definition) is 3. The standard InChI is InChI=1S/C17H15F3N2O2/c18-17(19,20)24-14-4-1-11(2-5-14)9-22-10-13-7-12(8-21)3-6-15(13)16(22)23/h1-7H,8-10,21H2. The third-order valence-corrected chi connectivity index (χ3v) is 3.81. The molecule has 1 aliphatic rings. The summed E-state index contributed by atoms with van der Waals surface area (Å²) in [6, 6.07) is 11.0. The molecule has 1 heterocycles. The van der Waals surface area contributed by atoms with E-state index in [0.29, 0.717) is 25.2 Å². The molecule has 7 heteroatoms. The van der Waals surface area contributed by atoms with Crippen molar-refractivity contribution in [3.63, 3.8) is 0 Å². The van der Waals surface area contributed by atoms with E-state index < -0.39 is 6.36 Å². The normalized spacial score (nSPS) is 14.0. The van der Waals surface area contributed by atoms with Crippen LogP contribution in [0.25, 0.3) is 0 Å². The number of carbonyl (C=O) groups excluding carboxylic acids is 1. The highest BCUT2D eigenvalue weighted by molar-refractivity contribution is 5.98. The van der Waals surface area contributed by atoms with E-state index in [9.17, 15) is 18.0 Å². The van der Waals surface area contributed by atoms with Crippen LogP contribution in [0.5, 0.6) is 5.75 Å². The van der Waals surface area contributed by atoms with E-state index in [0.717, 1.165) is 16.7 Å². The van der Waals surface area contributed by atoms with Crippen LogP contribution in [0.15, 0.2) is 42.5 Å². The Morgan fingerprint density at radius 3 is 2.38 bits per heavy atom. The second-order valence-electron chi connectivity index (χ2n) is 5.55. The van der Waals surface area contributed by atoms with Gasteiger partial charge in [-0.2, -0.15) is 0 Å². The van der Waals surface area contributed by atoms with Crippen molar-refractivity contribution in [2.75, 3.05) is 0 Å². The molecule has 3 rings (SSSR count). The number of amides is 1. The number of ether oxygens (including phenoxy) is 1. The number of rotatable bonds is 4. The number of halogens is 3. The summed E-state index contributed by atoms with van der Waals surface area (Å²) >= 11 is 0. The molecule has 0 aromatic heterocycles. The van der Waals surface area contributed by atoms with Gasteiger partial charge in [-0.3, -0.25) is 4.79 Å². The van der Waals surface area contributed by atoms with Crippen LogP contribution in [-0.2, 0) is 19.6 Å². The lowest BCUT2D eigenvalue weighted by Gasteiger charge is -2.16. The third-order valence-electron chi connectivity index (χ3n) is 3.81. The maximum absolute atomic E-state index is 12.4. The molecule has 2 aromatic carbocycles. The minimum absolute atomic E-state index is 0.0933. The lowest BCUT2D eigenvalue weighted by atomic mass is 10.1. The van der Waals surface area contributed by atoms with Crippen LogP contribution in [0.4, 0.5) is 13.2 Å². The SMILES string of the molecule is NCc1ccc2c(c1)CN(Cc1ccc(OC(F)(F)F)cc1)C2=O. The van der Waals surface area contributed by atoms with E-state index in [1.165, 1.54) is 24.3 Å². The number of benzene rings is 2. The molecule has 0 atom stereocenters. The first kappa shape index (κ1) is 16.3. The molecule has 1 aliphatic heterocycles. The molecule has 2 N–H and O–H groups in total. The van der Waals surface area contributed by atoms with E-state index in [-0.39, 0.29) is 11.7 Å². The predicted molar refractivity (Wildman–Crippen MR) is 81.0 cm³/mol. The van der Waals surface area contributed by atoms with Crippen molar-refractivity contribution >= 4 is 5.91 Å². The van der Waals surface area contributed by atoms with Gasteiger partial charge >= 0.3 is 6.36 Å². The molecule has 0 bridgehead atoms. The number of hydrogen-bond donors (Lipinski definition) is 1. The Morgan fingerprint density at radius 2 is 1.75 bits per heavy atom. The summed E-state index contributed by atoms with van der Waals surface area (Å²) in [5.74, 6) is -0.376. The van der Waals surface area contributed by atoms with Crippen LogP contribution in [0.1, 0.15) is 27.0 Å². The Balaban J connectivity index is 1.70. The molecule has 0 aliphatic carbocycles. The second kappa shape index (κ2) is 6.16. The number of nitrogens with two attached hydrogens (primary N) is 1. The minimum Gasteiger partial charge on any atom is -0.406 e. The Hall–Kier alpha value is -2.54. The topological polar surface area (TPSA) is 55.6 Å². The molecule has 0 spiro atoms. The highest BCUT2D eigenvalue weighted by atomic mass is 19.4. The Labute approximate surface area is 136 Å². The number of alkyl halides is 3. The highest BCUT2D eigenvalue weighted by Gasteiger charge is 2.31. The van der Waals surface area contributed by atoms with Crippen molar-refractivity contribution in [1.82, 2.24) is 4.90 Å². The molecule has 0 unspecified atom stereocenters. The summed E-state index contributed by atoms with van der Waals surface area (Å²) in [6.45, 7) is 1.18. The molecule has 0 radical (unpaired) electrons. The second-order valence-corrected chi connectivity index (χ2v) is 5.55. The fraction of sp³-hybridized carbons (Fsp3) is 0.235. The zero-order valence-corrected chi connectivity index (χ0v) is 12.6. The summed E-state index contributed by atoms with van der Waals surface area (Å²) in [5, 5.41) is 0. The van der Waals surface area contributed by atoms with Crippen molar-refractivity contribution < 1.29 is 22.7 Å². The van der Waals surface area contributed by atoms with Gasteiger partial charge in [0.25, 0.3) is 5.91 Å². The molecule has 0 fully saturated rings. The minimum atomic E-state index is -4.71. The van der Waals surface area contributed by atoms with Gasteiger partial charge in [-0.1, -0.05) is 24.3 Å². The van der Waals surface area contributed by atoms with Gasteiger partial charge in [0.2, 0.25) is 0 Å². The zero-order chi connectivity index (χ0) is 17.3. The molecular weight excluding hydrogens is 321 g/mol. The zero-order valence-electron chi connectivity index (χ0n) is 12.6. The Kier molecular flexibility index (Phi) is 4.19. The summed E-state index contributed by atoms with van der Waals surface area (Å²) < 4.78 is 40.3. The summed E-state index contributed by atoms with van der Waals surface area (Å²) in [7, 11) is 0. The first-order valence-electron chi connectivity index (χ1n) is 7.31. The smallest absolute Gasteiger partial charge is 0.406 e. The average molecular weight is 336 g/mol. The summed E-state index contributed by atoms with van der Waals surface area (Å²) in [4.78, 5) is 14.0. The fourth-order valence-electron chi connectivity index (χ4n) is 2.71. The van der Waals surface area contributed by atoms with Crippen LogP contribution in [0.3, 0.4) is 0 Å². The lowest BCUT2D eigenvalue weighted by molar-refractivity contribution is -0.274. The molecule has 4 nitrogen and oxygen atoms in total. The van der Waals surface area contributed by atoms with Crippen LogP contribution in [0.2, 0.25) is 0 Å². The number of fused-ring (bicyclic) bond motifs is 1. The van der Waals surface area contributed by atoms with Crippen molar-refractivity contribution in [2.45, 2.75) is 26.0 Å². The largest absolute Gasteiger partial charge is 0.573 e. The van der Waals surface area contributed by atoms with Crippen LogP contribution >= 0.6 is 0 Å². The first-order valence-corrected chi connectivity index (χ1v) is 7.31. The maximum Gasteiger partial charge on any atom is 0.573 e. The summed E-state index contributed by atoms with van der Waals surface area (Å²) in [6.07, 6.45) is -4.71. The third kappa shape index (κ3) is 3.51. The van der Waals surface area contributed by atoms with E-state index in [4.69, 9.17) is 5.73 Å². The molecule has 24 heavy (non-hydrogen) atoms. The maximum atomic E-state index is 12.4. The van der Waals surface area contributed by atoms with E-state index in [1.807, 2.05) is 12.1 Å². The molecule has 0 saturated carbocycles. The first-order chi connectivity index (χ1) is 11.4. The molecule has 126 valence electrons. The molecular formula is C17H15F3N2O2. The molecule has 1 amide bonds. The summed E-state index contributed by atoms with van der Waals surface area (Å²) in [5.41, 5.74) is 8.85. The van der Waals surface area contributed by atoms with Gasteiger partial charge in [0, 0.05) is 25.2 Å². The van der Waals surface area contributed by atoms with E-state index >= 15 is 0 Å². The Bertz CT molecular complexity index is 757. The van der Waals surface area contributed by atoms with Crippen molar-refractivity contribution in [3.8, 4) is 5.75 Å². The van der Waals surface area contributed by atoms with Crippen LogP contribution in [-0.4, -0.2) is 17.2 Å². The molecule has 0 saturated heterocycles. The van der Waals surface area contributed by atoms with Crippen molar-refractivity contribution in [1.29, 1.82) is 0 Å². The lowest BCUT2D eigenvalue weighted by Crippen LogP contribution is -2.23. The number of nitrogens with zero attached hydrogens (tertiary/aromatic N) is 1. The van der Waals surface area contributed by atoms with Gasteiger partial charge in [-0.15, -0.1) is 13.2 Å². The van der Waals surface area contributed by atoms with Gasteiger partial charge in [0.05, 0.1) is 0 Å². The predicted octanol–water partition coefficient (Wildman–Crippen LogP) is 3.20. The Morgan fingerprint density at radius 1 is 1.08 bits per heavy atom. The van der Waals surface area contributed by atoms with Crippen LogP contribution < -0.4 is 10.5 Å². The quantitative estimate of drug-likeness (QED) is 0.933. The van der Waals surface area contributed by atoms with Gasteiger partial charge in [-0.05, 0) is 34.9 Å². The van der Waals surface area contributed by atoms with Crippen LogP contribution in [0, 0.1) is 0 Å². The average Bonchev–Trinajstić information content (AvgIpc) is 2.83. The molecule has 2 aromatic rings. The van der Waals surface area contributed by atoms with E-state index in [1.54, 1.807) is 11.0 Å². The van der Waals surface area contributed by atoms with Gasteiger partial charge in [-0.25, -0.2) is 0 Å². The van der Waals surface area contributed by atoms with Gasteiger partial charge in [0.15, 0.2) is 0 Å². The number of carbonyl (C=O) groups is 1. The van der Waals surface area contributed by atoms with Crippen molar-refractivity contribution in [2.24, 2.45) is 5.73 Å². The highest BCUT2D eigenvalue weighted by Crippen LogP contribution is 2.27. The van der Waals surface area contributed by atoms with Gasteiger partial charge < -0.3 is 15.4 Å². The fourth-order valence-corrected chi connectivity index (χ4v) is 2.71. The van der Waals surface area contributed by atoms with E-state index in [2.05, 4.69) is 4.74 Å². The van der Waals surface area contributed by atoms with Gasteiger partial charge in [0.1, 0.15) is 5.75 Å².